The number of rotatable bonds is 9. The second kappa shape index (κ2) is 22.4. The largest absolute Gasteiger partial charge is 0.457 e. The van der Waals surface area contributed by atoms with Crippen molar-refractivity contribution in [1.82, 2.24) is 24.9 Å². The van der Waals surface area contributed by atoms with Gasteiger partial charge in [-0.25, -0.2) is 19.9 Å². The minimum atomic E-state index is -0.877. The molecular weight excluding hydrogens is 1230 g/mol. The first-order chi connectivity index (χ1) is 49.1. The molecule has 7 nitrogen and oxygen atoms in total. The van der Waals surface area contributed by atoms with Crippen LogP contribution in [0.15, 0.2) is 334 Å². The maximum Gasteiger partial charge on any atom is 0.170 e. The number of aromatic nitrogens is 5. The molecule has 4 aromatic heterocycles. The maximum atomic E-state index is 7.68. The van der Waals surface area contributed by atoms with Crippen LogP contribution in [-0.2, 0) is 10.8 Å². The van der Waals surface area contributed by atoms with Crippen molar-refractivity contribution < 1.29 is 9.47 Å². The highest BCUT2D eigenvalue weighted by molar-refractivity contribution is 7.18. The molecule has 2 aliphatic carbocycles. The summed E-state index contributed by atoms with van der Waals surface area (Å²) in [4.78, 5) is 28.5. The highest BCUT2D eigenvalue weighted by Gasteiger charge is 2.54. The molecule has 4 aliphatic rings. The molecule has 20 rings (SSSR count). The Morgan fingerprint density at radius 3 is 1.34 bits per heavy atom. The van der Waals surface area contributed by atoms with Gasteiger partial charge in [-0.15, -0.1) is 11.3 Å². The Bertz CT molecular complexity index is 5790. The second-order valence-electron chi connectivity index (χ2n) is 25.6. The third kappa shape index (κ3) is 8.66. The molecule has 0 N–H and O–H groups in total. The molecule has 2 spiro atoms. The zero-order valence-corrected chi connectivity index (χ0v) is 54.0. The number of para-hydroxylation sites is 2. The van der Waals surface area contributed by atoms with Crippen molar-refractivity contribution >= 4 is 11.3 Å². The lowest BCUT2D eigenvalue weighted by molar-refractivity contribution is 0.436. The van der Waals surface area contributed by atoms with E-state index in [9.17, 15) is 0 Å². The van der Waals surface area contributed by atoms with Crippen LogP contribution in [0.25, 0.3) is 122 Å². The van der Waals surface area contributed by atoms with E-state index in [1.54, 1.807) is 11.3 Å². The highest BCUT2D eigenvalue weighted by Crippen LogP contribution is 2.67. The number of hydrogen-bond donors (Lipinski definition) is 0. The van der Waals surface area contributed by atoms with Crippen LogP contribution in [0.2, 0.25) is 0 Å². The smallest absolute Gasteiger partial charge is 0.170 e. The van der Waals surface area contributed by atoms with Crippen molar-refractivity contribution in [3.05, 3.63) is 378 Å². The summed E-state index contributed by atoms with van der Waals surface area (Å²) in [7, 11) is 0. The lowest BCUT2D eigenvalue weighted by Crippen LogP contribution is -2.32. The lowest BCUT2D eigenvalue weighted by atomic mass is 9.65. The van der Waals surface area contributed by atoms with Gasteiger partial charge in [-0.3, -0.25) is 4.98 Å². The van der Waals surface area contributed by atoms with E-state index in [4.69, 9.17) is 34.4 Å². The second-order valence-corrected chi connectivity index (χ2v) is 26.7. The van der Waals surface area contributed by atoms with Crippen LogP contribution in [0, 0.1) is 0 Å². The van der Waals surface area contributed by atoms with Crippen LogP contribution in [0.5, 0.6) is 23.0 Å². The van der Waals surface area contributed by atoms with Crippen molar-refractivity contribution in [3.63, 3.8) is 0 Å². The summed E-state index contributed by atoms with van der Waals surface area (Å²) in [5.74, 6) is 4.51. The molecule has 16 aromatic rings. The molecule has 0 saturated heterocycles. The zero-order chi connectivity index (χ0) is 65.2. The number of fused-ring (bicyclic) bond motifs is 18. The third-order valence-electron chi connectivity index (χ3n) is 20.4. The predicted molar refractivity (Wildman–Crippen MR) is 397 cm³/mol. The van der Waals surface area contributed by atoms with E-state index in [-0.39, 0.29) is 0 Å². The molecule has 0 fully saturated rings. The Hall–Kier alpha value is -12.8. The van der Waals surface area contributed by atoms with Gasteiger partial charge in [0, 0.05) is 72.3 Å². The fourth-order valence-electron chi connectivity index (χ4n) is 16.2. The number of hydrogen-bond acceptors (Lipinski definition) is 8. The molecule has 462 valence electrons. The lowest BCUT2D eigenvalue weighted by Gasteiger charge is -2.40. The van der Waals surface area contributed by atoms with Crippen molar-refractivity contribution in [3.8, 4) is 145 Å². The van der Waals surface area contributed by atoms with Crippen molar-refractivity contribution in [2.24, 2.45) is 0 Å². The van der Waals surface area contributed by atoms with Crippen LogP contribution in [0.4, 0.5) is 0 Å². The monoisotopic (exact) mass is 1280 g/mol. The minimum Gasteiger partial charge on any atom is -0.457 e. The molecule has 99 heavy (non-hydrogen) atoms. The van der Waals surface area contributed by atoms with Gasteiger partial charge < -0.3 is 9.47 Å². The standard InChI is InChI=1S/C91H55N5O2S/c1-5-25-56(26-6-1)76-54-77(57-27-7-2-8-28-57)95-89(94-76)84-49-48-83(99-84)61-51-67(87-75(53-61)90(72-42-20-22-45-81(72)98-87)68-38-16-13-33-62(68)63-34-14-17-39-69(63)90)64-36-23-43-73-85(64)65-35-15-18-40-70(65)91(73)71-41-19-21-44-80(71)97-82-47-46-60(52-74(82)91)86-66(37-24-50-92-86)79-55-78(58-29-9-3-10-30-58)93-88(96-79)59-31-11-4-12-32-59/h1-55H. The first-order valence-electron chi connectivity index (χ1n) is 33.4. The van der Waals surface area contributed by atoms with E-state index < -0.39 is 10.8 Å². The van der Waals surface area contributed by atoms with Gasteiger partial charge >= 0.3 is 0 Å². The number of pyridine rings is 1. The number of benzene rings is 12. The topological polar surface area (TPSA) is 82.9 Å². The van der Waals surface area contributed by atoms with E-state index in [0.717, 1.165) is 156 Å². The molecule has 0 radical (unpaired) electrons. The number of nitrogens with zero attached hydrogens (tertiary/aromatic N) is 5. The molecule has 0 amide bonds. The SMILES string of the molecule is c1ccc(-c2cc(-c3cccnc3-c3ccc4c(c3)C3(c5ccccc5O4)c4ccccc4-c4c(-c5cc(-c6ccc(-c7nc(-c8ccccc8)cc(-c8ccccc8)n7)s6)cc6c5Oc5ccccc5C65c6ccccc6-c6ccccc65)cccc43)nc(-c3ccccc3)n2)cc1. The van der Waals surface area contributed by atoms with Crippen LogP contribution in [0.1, 0.15) is 44.5 Å². The molecule has 2 aliphatic heterocycles. The van der Waals surface area contributed by atoms with Gasteiger partial charge in [0.2, 0.25) is 0 Å². The normalized spacial score (nSPS) is 14.3. The Balaban J connectivity index is 0.823. The summed E-state index contributed by atoms with van der Waals surface area (Å²) >= 11 is 1.71. The molecule has 8 heteroatoms. The number of ether oxygens (including phenoxy) is 2. The Labute approximate surface area is 576 Å². The molecule has 1 unspecified atom stereocenters. The molecule has 1 atom stereocenters. The van der Waals surface area contributed by atoms with Crippen LogP contribution >= 0.6 is 11.3 Å². The van der Waals surface area contributed by atoms with Gasteiger partial charge in [-0.2, -0.15) is 0 Å². The van der Waals surface area contributed by atoms with Gasteiger partial charge in [0.1, 0.15) is 23.0 Å². The molecular formula is C91H55N5O2S. The summed E-state index contributed by atoms with van der Waals surface area (Å²) in [6.07, 6.45) is 1.88. The van der Waals surface area contributed by atoms with Crippen molar-refractivity contribution in [2.75, 3.05) is 0 Å². The van der Waals surface area contributed by atoms with Crippen LogP contribution in [-0.4, -0.2) is 24.9 Å². The van der Waals surface area contributed by atoms with E-state index >= 15 is 0 Å². The van der Waals surface area contributed by atoms with E-state index in [2.05, 4.69) is 273 Å². The third-order valence-corrected chi connectivity index (χ3v) is 21.5. The Morgan fingerprint density at radius 2 is 0.707 bits per heavy atom. The molecule has 12 aromatic carbocycles. The van der Waals surface area contributed by atoms with Gasteiger partial charge in [0.05, 0.1) is 44.2 Å². The fourth-order valence-corrected chi connectivity index (χ4v) is 17.1. The Morgan fingerprint density at radius 1 is 0.253 bits per heavy atom. The van der Waals surface area contributed by atoms with Crippen molar-refractivity contribution in [1.29, 1.82) is 0 Å². The summed E-state index contributed by atoms with van der Waals surface area (Å²) in [6.45, 7) is 0. The van der Waals surface area contributed by atoms with Gasteiger partial charge in [0.15, 0.2) is 11.6 Å². The quantitative estimate of drug-likeness (QED) is 0.142. The zero-order valence-electron chi connectivity index (χ0n) is 53.2. The highest BCUT2D eigenvalue weighted by atomic mass is 32.1. The van der Waals surface area contributed by atoms with E-state index in [0.29, 0.717) is 11.6 Å². The van der Waals surface area contributed by atoms with Gasteiger partial charge in [-0.05, 0) is 134 Å². The minimum absolute atomic E-state index is 0.637. The van der Waals surface area contributed by atoms with E-state index in [1.807, 2.05) is 60.8 Å². The fraction of sp³-hybridized carbons (Fsp3) is 0.0220. The predicted octanol–water partition coefficient (Wildman–Crippen LogP) is 22.7. The first-order valence-corrected chi connectivity index (χ1v) is 34.2. The van der Waals surface area contributed by atoms with Crippen molar-refractivity contribution in [2.45, 2.75) is 10.8 Å². The molecule has 6 heterocycles. The average Bonchev–Trinajstić information content (AvgIpc) is 1.56. The Kier molecular flexibility index (Phi) is 12.8. The average molecular weight is 1280 g/mol. The van der Waals surface area contributed by atoms with Gasteiger partial charge in [-0.1, -0.05) is 249 Å². The summed E-state index contributed by atoms with van der Waals surface area (Å²) in [5, 5.41) is 0. The van der Waals surface area contributed by atoms with Crippen LogP contribution in [0.3, 0.4) is 0 Å². The first kappa shape index (κ1) is 56.6. The number of thiophene rings is 1. The maximum absolute atomic E-state index is 7.68. The summed E-state index contributed by atoms with van der Waals surface area (Å²) in [6, 6.07) is 117. The van der Waals surface area contributed by atoms with Gasteiger partial charge in [0.25, 0.3) is 0 Å². The molecule has 0 saturated carbocycles. The van der Waals surface area contributed by atoms with E-state index in [1.165, 1.54) is 22.3 Å². The molecule has 0 bridgehead atoms. The summed E-state index contributed by atoms with van der Waals surface area (Å²) in [5.41, 5.74) is 25.0. The summed E-state index contributed by atoms with van der Waals surface area (Å²) < 4.78 is 14.8. The van der Waals surface area contributed by atoms with Crippen LogP contribution < -0.4 is 9.47 Å².